The summed E-state index contributed by atoms with van der Waals surface area (Å²) in [4.78, 5) is 22.7. The molecule has 0 atom stereocenters. The second-order valence-corrected chi connectivity index (χ2v) is 4.58. The van der Waals surface area contributed by atoms with Crippen LogP contribution in [0.1, 0.15) is 43.0 Å². The molecule has 0 aromatic heterocycles. The molecule has 0 bridgehead atoms. The number of esters is 2. The first-order valence-corrected chi connectivity index (χ1v) is 7.25. The maximum atomic E-state index is 11.6. The van der Waals surface area contributed by atoms with Crippen LogP contribution in [0.15, 0.2) is 42.5 Å². The van der Waals surface area contributed by atoms with Gasteiger partial charge in [0.25, 0.3) is 0 Å². The minimum atomic E-state index is -0.297. The van der Waals surface area contributed by atoms with Crippen molar-refractivity contribution >= 4 is 11.9 Å². The van der Waals surface area contributed by atoms with Crippen molar-refractivity contribution in [2.24, 2.45) is 0 Å². The SMILES string of the molecule is CC=CC(=O)OCCCCCCOC(=O)c1ccccc1. The van der Waals surface area contributed by atoms with Gasteiger partial charge in [-0.1, -0.05) is 24.3 Å². The van der Waals surface area contributed by atoms with Crippen LogP contribution in [0, 0.1) is 0 Å². The van der Waals surface area contributed by atoms with E-state index in [1.807, 2.05) is 18.2 Å². The third kappa shape index (κ3) is 7.92. The molecule has 4 nitrogen and oxygen atoms in total. The smallest absolute Gasteiger partial charge is 0.338 e. The van der Waals surface area contributed by atoms with Crippen molar-refractivity contribution in [2.75, 3.05) is 13.2 Å². The molecule has 0 amide bonds. The average molecular weight is 290 g/mol. The molecular formula is C17H22O4. The Labute approximate surface area is 125 Å². The molecule has 1 aromatic carbocycles. The van der Waals surface area contributed by atoms with Crippen LogP contribution >= 0.6 is 0 Å². The number of unbranched alkanes of at least 4 members (excludes halogenated alkanes) is 3. The Morgan fingerprint density at radius 2 is 1.57 bits per heavy atom. The number of hydrogen-bond donors (Lipinski definition) is 0. The molecule has 0 fully saturated rings. The molecule has 0 unspecified atom stereocenters. The summed E-state index contributed by atoms with van der Waals surface area (Å²) < 4.78 is 10.1. The quantitative estimate of drug-likeness (QED) is 0.396. The Bertz CT molecular complexity index is 451. The largest absolute Gasteiger partial charge is 0.463 e. The molecule has 0 N–H and O–H groups in total. The predicted octanol–water partition coefficient (Wildman–Crippen LogP) is 3.52. The lowest BCUT2D eigenvalue weighted by Crippen LogP contribution is -2.06. The van der Waals surface area contributed by atoms with Crippen molar-refractivity contribution in [3.8, 4) is 0 Å². The zero-order chi connectivity index (χ0) is 15.3. The summed E-state index contributed by atoms with van der Waals surface area (Å²) in [5.41, 5.74) is 0.577. The highest BCUT2D eigenvalue weighted by Crippen LogP contribution is 2.04. The summed E-state index contributed by atoms with van der Waals surface area (Å²) in [6, 6.07) is 8.96. The second-order valence-electron chi connectivity index (χ2n) is 4.58. The van der Waals surface area contributed by atoms with Gasteiger partial charge < -0.3 is 9.47 Å². The molecule has 0 saturated carbocycles. The summed E-state index contributed by atoms with van der Waals surface area (Å²) in [7, 11) is 0. The van der Waals surface area contributed by atoms with Crippen molar-refractivity contribution in [2.45, 2.75) is 32.6 Å². The van der Waals surface area contributed by atoms with E-state index < -0.39 is 0 Å². The zero-order valence-electron chi connectivity index (χ0n) is 12.4. The Hall–Kier alpha value is -2.10. The molecule has 1 rings (SSSR count). The van der Waals surface area contributed by atoms with Gasteiger partial charge in [0.1, 0.15) is 0 Å². The van der Waals surface area contributed by atoms with Gasteiger partial charge in [-0.3, -0.25) is 0 Å². The van der Waals surface area contributed by atoms with Crippen molar-refractivity contribution < 1.29 is 19.1 Å². The summed E-state index contributed by atoms with van der Waals surface area (Å²) in [5.74, 6) is -0.579. The fraction of sp³-hybridized carbons (Fsp3) is 0.412. The lowest BCUT2D eigenvalue weighted by Gasteiger charge is -2.05. The first-order chi connectivity index (χ1) is 10.2. The Balaban J connectivity index is 1.98. The van der Waals surface area contributed by atoms with Gasteiger partial charge in [0, 0.05) is 6.08 Å². The van der Waals surface area contributed by atoms with E-state index in [9.17, 15) is 9.59 Å². The predicted molar refractivity (Wildman–Crippen MR) is 81.0 cm³/mol. The number of carbonyl (C=O) groups excluding carboxylic acids is 2. The summed E-state index contributed by atoms with van der Waals surface area (Å²) in [6.07, 6.45) is 6.61. The van der Waals surface area contributed by atoms with E-state index in [1.54, 1.807) is 25.1 Å². The van der Waals surface area contributed by atoms with E-state index in [0.29, 0.717) is 18.8 Å². The number of rotatable bonds is 9. The highest BCUT2D eigenvalue weighted by Gasteiger charge is 2.04. The normalized spacial score (nSPS) is 10.5. The van der Waals surface area contributed by atoms with Gasteiger partial charge in [0.2, 0.25) is 0 Å². The van der Waals surface area contributed by atoms with Crippen LogP contribution in [0.3, 0.4) is 0 Å². The molecule has 0 heterocycles. The fourth-order valence-electron chi connectivity index (χ4n) is 1.74. The third-order valence-electron chi connectivity index (χ3n) is 2.83. The average Bonchev–Trinajstić information content (AvgIpc) is 2.51. The molecule has 0 aliphatic heterocycles. The fourth-order valence-corrected chi connectivity index (χ4v) is 1.74. The highest BCUT2D eigenvalue weighted by atomic mass is 16.5. The second kappa shape index (κ2) is 10.7. The van der Waals surface area contributed by atoms with Crippen LogP contribution in [0.25, 0.3) is 0 Å². The van der Waals surface area contributed by atoms with Crippen LogP contribution in [-0.2, 0) is 14.3 Å². The van der Waals surface area contributed by atoms with E-state index in [1.165, 1.54) is 6.08 Å². The van der Waals surface area contributed by atoms with Crippen molar-refractivity contribution in [1.29, 1.82) is 0 Å². The lowest BCUT2D eigenvalue weighted by atomic mass is 10.2. The maximum absolute atomic E-state index is 11.6. The third-order valence-corrected chi connectivity index (χ3v) is 2.83. The minimum Gasteiger partial charge on any atom is -0.463 e. The van der Waals surface area contributed by atoms with Crippen LogP contribution in [-0.4, -0.2) is 25.2 Å². The molecule has 114 valence electrons. The Morgan fingerprint density at radius 1 is 0.952 bits per heavy atom. The van der Waals surface area contributed by atoms with Crippen molar-refractivity contribution in [1.82, 2.24) is 0 Å². The molecule has 0 aliphatic rings. The zero-order valence-corrected chi connectivity index (χ0v) is 12.4. The van der Waals surface area contributed by atoms with Crippen LogP contribution in [0.5, 0.6) is 0 Å². The number of carbonyl (C=O) groups is 2. The van der Waals surface area contributed by atoms with E-state index >= 15 is 0 Å². The van der Waals surface area contributed by atoms with Crippen LogP contribution in [0.4, 0.5) is 0 Å². The molecule has 0 spiro atoms. The summed E-state index contributed by atoms with van der Waals surface area (Å²) in [5, 5.41) is 0. The Morgan fingerprint density at radius 3 is 2.19 bits per heavy atom. The number of benzene rings is 1. The van der Waals surface area contributed by atoms with Gasteiger partial charge in [0.05, 0.1) is 18.8 Å². The molecule has 0 saturated heterocycles. The summed E-state index contributed by atoms with van der Waals surface area (Å²) >= 11 is 0. The molecule has 1 aromatic rings. The van der Waals surface area contributed by atoms with Gasteiger partial charge >= 0.3 is 11.9 Å². The first-order valence-electron chi connectivity index (χ1n) is 7.25. The topological polar surface area (TPSA) is 52.6 Å². The number of ether oxygens (including phenoxy) is 2. The van der Waals surface area contributed by atoms with E-state index in [0.717, 1.165) is 25.7 Å². The maximum Gasteiger partial charge on any atom is 0.338 e. The van der Waals surface area contributed by atoms with Gasteiger partial charge in [-0.05, 0) is 44.7 Å². The van der Waals surface area contributed by atoms with Crippen LogP contribution in [0.2, 0.25) is 0 Å². The van der Waals surface area contributed by atoms with Crippen molar-refractivity contribution in [3.63, 3.8) is 0 Å². The molecule has 0 radical (unpaired) electrons. The Kier molecular flexibility index (Phi) is 8.61. The minimum absolute atomic E-state index is 0.282. The molecule has 21 heavy (non-hydrogen) atoms. The monoisotopic (exact) mass is 290 g/mol. The molecule has 4 heteroatoms. The van der Waals surface area contributed by atoms with E-state index in [-0.39, 0.29) is 11.9 Å². The van der Waals surface area contributed by atoms with Gasteiger partial charge in [-0.25, -0.2) is 9.59 Å². The highest BCUT2D eigenvalue weighted by molar-refractivity contribution is 5.89. The molecular weight excluding hydrogens is 268 g/mol. The van der Waals surface area contributed by atoms with Gasteiger partial charge in [-0.2, -0.15) is 0 Å². The van der Waals surface area contributed by atoms with Gasteiger partial charge in [-0.15, -0.1) is 0 Å². The first kappa shape index (κ1) is 17.0. The molecule has 0 aliphatic carbocycles. The van der Waals surface area contributed by atoms with Crippen LogP contribution < -0.4 is 0 Å². The van der Waals surface area contributed by atoms with E-state index in [4.69, 9.17) is 9.47 Å². The number of hydrogen-bond acceptors (Lipinski definition) is 4. The summed E-state index contributed by atoms with van der Waals surface area (Å²) in [6.45, 7) is 2.64. The standard InChI is InChI=1S/C17H22O4/c1-2-10-16(18)20-13-8-3-4-9-14-21-17(19)15-11-6-5-7-12-15/h2,5-7,10-12H,3-4,8-9,13-14H2,1H3. The van der Waals surface area contributed by atoms with Gasteiger partial charge in [0.15, 0.2) is 0 Å². The van der Waals surface area contributed by atoms with E-state index in [2.05, 4.69) is 0 Å². The van der Waals surface area contributed by atoms with Crippen molar-refractivity contribution in [3.05, 3.63) is 48.0 Å². The lowest BCUT2D eigenvalue weighted by molar-refractivity contribution is -0.137. The number of allylic oxidation sites excluding steroid dienone is 1.